The second-order valence-electron chi connectivity index (χ2n) is 15.4. The van der Waals surface area contributed by atoms with E-state index in [9.17, 15) is 0 Å². The summed E-state index contributed by atoms with van der Waals surface area (Å²) < 4.78 is 2.56. The smallest absolute Gasteiger partial charge is 0.159 e. The quantitative estimate of drug-likeness (QED) is 0.174. The van der Waals surface area contributed by atoms with E-state index in [0.717, 1.165) is 33.7 Å². The maximum Gasteiger partial charge on any atom is 0.159 e. The fourth-order valence-corrected chi connectivity index (χ4v) is 9.95. The number of hydrogen-bond donors (Lipinski definition) is 1. The minimum atomic E-state index is -0.343. The SMILES string of the molecule is c1ccc(-c2ccc3ccc(-c4cccc(C5=NC(c6ccc7c(ccc8c9ccccc9ccc78)c6)NC(c6ccc7sc8ccccc8c7c6)=N5)c4)cc3c2)cc1. The molecule has 1 aliphatic rings. The molecule has 1 aliphatic heterocycles. The Kier molecular flexibility index (Phi) is 7.78. The van der Waals surface area contributed by atoms with Crippen molar-refractivity contribution in [2.75, 3.05) is 0 Å². The molecule has 2 heterocycles. The van der Waals surface area contributed by atoms with Crippen molar-refractivity contribution in [2.24, 2.45) is 9.98 Å². The lowest BCUT2D eigenvalue weighted by Gasteiger charge is -2.24. The van der Waals surface area contributed by atoms with Crippen LogP contribution in [0.4, 0.5) is 0 Å². The number of fused-ring (bicyclic) bond motifs is 9. The van der Waals surface area contributed by atoms with Gasteiger partial charge in [0.05, 0.1) is 0 Å². The van der Waals surface area contributed by atoms with E-state index in [-0.39, 0.29) is 6.17 Å². The Balaban J connectivity index is 0.970. The molecule has 3 nitrogen and oxygen atoms in total. The van der Waals surface area contributed by atoms with Gasteiger partial charge >= 0.3 is 0 Å². The first kappa shape index (κ1) is 33.7. The summed E-state index contributed by atoms with van der Waals surface area (Å²) in [4.78, 5) is 10.7. The van der Waals surface area contributed by atoms with E-state index in [1.54, 1.807) is 0 Å². The fourth-order valence-electron chi connectivity index (χ4n) is 8.86. The van der Waals surface area contributed by atoms with Crippen LogP contribution in [0.2, 0.25) is 0 Å². The lowest BCUT2D eigenvalue weighted by Crippen LogP contribution is -2.33. The molecule has 4 heteroatoms. The van der Waals surface area contributed by atoms with Crippen LogP contribution in [-0.4, -0.2) is 11.7 Å². The summed E-state index contributed by atoms with van der Waals surface area (Å²) in [6, 6.07) is 72.4. The minimum Gasteiger partial charge on any atom is -0.344 e. The number of amidine groups is 2. The molecule has 11 aromatic rings. The topological polar surface area (TPSA) is 36.8 Å². The van der Waals surface area contributed by atoms with Crippen LogP contribution < -0.4 is 5.32 Å². The Morgan fingerprint density at radius 3 is 1.85 bits per heavy atom. The highest BCUT2D eigenvalue weighted by Crippen LogP contribution is 2.37. The molecule has 59 heavy (non-hydrogen) atoms. The Morgan fingerprint density at radius 2 is 0.983 bits per heavy atom. The molecule has 0 spiro atoms. The molecular formula is C55H35N3S. The molecule has 0 radical (unpaired) electrons. The lowest BCUT2D eigenvalue weighted by molar-refractivity contribution is 0.675. The highest BCUT2D eigenvalue weighted by Gasteiger charge is 2.23. The maximum atomic E-state index is 5.36. The van der Waals surface area contributed by atoms with Gasteiger partial charge in [0.25, 0.3) is 0 Å². The van der Waals surface area contributed by atoms with E-state index in [1.807, 2.05) is 11.3 Å². The largest absolute Gasteiger partial charge is 0.344 e. The highest BCUT2D eigenvalue weighted by atomic mass is 32.1. The Hall–Kier alpha value is -7.40. The van der Waals surface area contributed by atoms with Crippen molar-refractivity contribution in [3.05, 3.63) is 217 Å². The fraction of sp³-hybridized carbons (Fsp3) is 0.0182. The van der Waals surface area contributed by atoms with E-state index in [0.29, 0.717) is 5.84 Å². The van der Waals surface area contributed by atoms with Crippen LogP contribution in [0.3, 0.4) is 0 Å². The summed E-state index contributed by atoms with van der Waals surface area (Å²) in [5.74, 6) is 1.52. The van der Waals surface area contributed by atoms with Gasteiger partial charge < -0.3 is 5.32 Å². The molecule has 0 aliphatic carbocycles. The summed E-state index contributed by atoms with van der Waals surface area (Å²) in [7, 11) is 0. The Labute approximate surface area is 345 Å². The molecule has 12 rings (SSSR count). The van der Waals surface area contributed by atoms with E-state index < -0.39 is 0 Å². The molecule has 276 valence electrons. The zero-order valence-corrected chi connectivity index (χ0v) is 32.7. The normalized spacial score (nSPS) is 14.3. The van der Waals surface area contributed by atoms with Crippen molar-refractivity contribution in [3.63, 3.8) is 0 Å². The number of nitrogens with one attached hydrogen (secondary N) is 1. The standard InChI is InChI=1S/C55H35N3S/c1-2-9-34(10-3-1)38-19-17-35-18-20-39(31-44(35)30-38)37-12-8-13-41(29-37)53-56-54(58-55(57-53)43-24-28-52-50(33-43)49-15-6-7-16-51(49)59-52)42-23-25-46-40(32-42)22-27-47-45-14-5-4-11-36(45)21-26-48(46)47/h1-33,54H,(H,56,57,58). The number of benzene rings is 10. The monoisotopic (exact) mass is 769 g/mol. The second kappa shape index (κ2) is 13.6. The minimum absolute atomic E-state index is 0.343. The first-order valence-corrected chi connectivity index (χ1v) is 20.9. The first-order valence-electron chi connectivity index (χ1n) is 20.1. The van der Waals surface area contributed by atoms with E-state index >= 15 is 0 Å². The Bertz CT molecular complexity index is 3540. The van der Waals surface area contributed by atoms with Crippen molar-refractivity contribution in [1.82, 2.24) is 5.32 Å². The molecule has 0 fully saturated rings. The van der Waals surface area contributed by atoms with E-state index in [4.69, 9.17) is 9.98 Å². The molecular weight excluding hydrogens is 735 g/mol. The van der Waals surface area contributed by atoms with Crippen molar-refractivity contribution < 1.29 is 0 Å². The van der Waals surface area contributed by atoms with Gasteiger partial charge in [-0.3, -0.25) is 0 Å². The van der Waals surface area contributed by atoms with Gasteiger partial charge in [-0.15, -0.1) is 11.3 Å². The number of aliphatic imine (C=N–C) groups is 2. The van der Waals surface area contributed by atoms with Crippen LogP contribution in [-0.2, 0) is 0 Å². The molecule has 1 aromatic heterocycles. The van der Waals surface area contributed by atoms with Crippen molar-refractivity contribution in [2.45, 2.75) is 6.17 Å². The van der Waals surface area contributed by atoms with Crippen molar-refractivity contribution in [1.29, 1.82) is 0 Å². The lowest BCUT2D eigenvalue weighted by atomic mass is 9.95. The van der Waals surface area contributed by atoms with Crippen LogP contribution >= 0.6 is 11.3 Å². The third-order valence-electron chi connectivity index (χ3n) is 11.9. The third-order valence-corrected chi connectivity index (χ3v) is 13.0. The summed E-state index contributed by atoms with van der Waals surface area (Å²) >= 11 is 1.83. The van der Waals surface area contributed by atoms with Crippen LogP contribution in [0.25, 0.3) is 85.5 Å². The van der Waals surface area contributed by atoms with Gasteiger partial charge in [0, 0.05) is 31.3 Å². The molecule has 0 bridgehead atoms. The zero-order valence-electron chi connectivity index (χ0n) is 31.9. The average molecular weight is 770 g/mol. The van der Waals surface area contributed by atoms with E-state index in [2.05, 4.69) is 206 Å². The second-order valence-corrected chi connectivity index (χ2v) is 16.5. The third kappa shape index (κ3) is 5.88. The van der Waals surface area contributed by atoms with Crippen LogP contribution in [0.15, 0.2) is 210 Å². The molecule has 1 unspecified atom stereocenters. The van der Waals surface area contributed by atoms with Gasteiger partial charge in [-0.05, 0) is 119 Å². The molecule has 0 saturated heterocycles. The van der Waals surface area contributed by atoms with Gasteiger partial charge in [-0.1, -0.05) is 152 Å². The Morgan fingerprint density at radius 1 is 0.356 bits per heavy atom. The maximum absolute atomic E-state index is 5.36. The van der Waals surface area contributed by atoms with Crippen LogP contribution in [0, 0.1) is 0 Å². The number of hydrogen-bond acceptors (Lipinski definition) is 4. The highest BCUT2D eigenvalue weighted by molar-refractivity contribution is 7.25. The van der Waals surface area contributed by atoms with Gasteiger partial charge in [0.15, 0.2) is 5.84 Å². The van der Waals surface area contributed by atoms with Crippen molar-refractivity contribution in [3.8, 4) is 22.3 Å². The zero-order chi connectivity index (χ0) is 38.9. The van der Waals surface area contributed by atoms with Gasteiger partial charge in [0.1, 0.15) is 12.0 Å². The van der Waals surface area contributed by atoms with Crippen LogP contribution in [0.1, 0.15) is 22.9 Å². The molecule has 10 aromatic carbocycles. The molecule has 1 N–H and O–H groups in total. The van der Waals surface area contributed by atoms with Crippen LogP contribution in [0.5, 0.6) is 0 Å². The summed E-state index contributed by atoms with van der Waals surface area (Å²) in [6.07, 6.45) is -0.343. The predicted molar refractivity (Wildman–Crippen MR) is 252 cm³/mol. The van der Waals surface area contributed by atoms with Gasteiger partial charge in [0.2, 0.25) is 0 Å². The number of thiophene rings is 1. The summed E-state index contributed by atoms with van der Waals surface area (Å²) in [6.45, 7) is 0. The molecule has 0 amide bonds. The average Bonchev–Trinajstić information content (AvgIpc) is 3.69. The number of rotatable bonds is 5. The summed E-state index contributed by atoms with van der Waals surface area (Å²) in [5, 5.41) is 16.2. The summed E-state index contributed by atoms with van der Waals surface area (Å²) in [5.41, 5.74) is 7.81. The number of nitrogens with zero attached hydrogens (tertiary/aromatic N) is 2. The predicted octanol–water partition coefficient (Wildman–Crippen LogP) is 14.5. The molecule has 0 saturated carbocycles. The molecule has 1 atom stereocenters. The first-order chi connectivity index (χ1) is 29.2. The van der Waals surface area contributed by atoms with Gasteiger partial charge in [-0.2, -0.15) is 0 Å². The van der Waals surface area contributed by atoms with Gasteiger partial charge in [-0.25, -0.2) is 9.98 Å². The van der Waals surface area contributed by atoms with E-state index in [1.165, 1.54) is 74.4 Å². The van der Waals surface area contributed by atoms with Crippen molar-refractivity contribution >= 4 is 86.3 Å².